The summed E-state index contributed by atoms with van der Waals surface area (Å²) in [5.41, 5.74) is 4.35. The molecule has 1 aliphatic heterocycles. The molecule has 2 aromatic heterocycles. The van der Waals surface area contributed by atoms with E-state index in [4.69, 9.17) is 0 Å². The smallest absolute Gasteiger partial charge is 0.254 e. The Morgan fingerprint density at radius 3 is 2.53 bits per heavy atom. The minimum absolute atomic E-state index is 0.181. The van der Waals surface area contributed by atoms with Crippen LogP contribution in [0.15, 0.2) is 105 Å². The lowest BCUT2D eigenvalue weighted by Crippen LogP contribution is -2.31. The average molecular weight is 608 g/mol. The number of halogens is 2. The Kier molecular flexibility index (Phi) is 9.15. The fourth-order valence-corrected chi connectivity index (χ4v) is 5.56. The molecule has 2 atom stereocenters. The largest absolute Gasteiger partial charge is 0.367 e. The molecule has 0 radical (unpaired) electrons. The summed E-state index contributed by atoms with van der Waals surface area (Å²) in [4.78, 5) is 29.6. The van der Waals surface area contributed by atoms with E-state index < -0.39 is 28.5 Å². The Bertz CT molecular complexity index is 1790. The van der Waals surface area contributed by atoms with Gasteiger partial charge in [0.15, 0.2) is 0 Å². The number of allylic oxidation sites excluding steroid dienone is 8. The van der Waals surface area contributed by atoms with Gasteiger partial charge in [0.05, 0.1) is 23.1 Å². The first-order chi connectivity index (χ1) is 20.2. The van der Waals surface area contributed by atoms with E-state index in [0.717, 1.165) is 0 Å². The van der Waals surface area contributed by atoms with Gasteiger partial charge in [0.1, 0.15) is 11.7 Å². The van der Waals surface area contributed by atoms with E-state index in [1.807, 2.05) is 19.9 Å². The highest BCUT2D eigenvalue weighted by Crippen LogP contribution is 2.37. The van der Waals surface area contributed by atoms with Crippen LogP contribution in [0.2, 0.25) is 0 Å². The highest BCUT2D eigenvalue weighted by molar-refractivity contribution is 7.88. The van der Waals surface area contributed by atoms with Gasteiger partial charge in [-0.2, -0.15) is 5.10 Å². The third-order valence-corrected chi connectivity index (χ3v) is 8.83. The van der Waals surface area contributed by atoms with Crippen LogP contribution in [0.25, 0.3) is 11.4 Å². The molecule has 226 valence electrons. The Morgan fingerprint density at radius 2 is 1.91 bits per heavy atom. The minimum Gasteiger partial charge on any atom is -0.367 e. The van der Waals surface area contributed by atoms with Crippen molar-refractivity contribution in [1.29, 1.82) is 0 Å². The van der Waals surface area contributed by atoms with Gasteiger partial charge in [-0.05, 0) is 68.4 Å². The maximum atomic E-state index is 15.2. The number of carbonyl (C=O) groups excluding carboxylic acids is 1. The van der Waals surface area contributed by atoms with E-state index in [-0.39, 0.29) is 23.5 Å². The lowest BCUT2D eigenvalue weighted by molar-refractivity contribution is -0.123. The number of amides is 1. The van der Waals surface area contributed by atoms with Gasteiger partial charge in [-0.3, -0.25) is 13.8 Å². The first-order valence-electron chi connectivity index (χ1n) is 13.5. The molecular formula is C32H35F2N5O3S. The first-order valence-corrected chi connectivity index (χ1v) is 15.1. The van der Waals surface area contributed by atoms with Crippen LogP contribution in [0, 0.1) is 6.92 Å². The molecule has 1 unspecified atom stereocenters. The summed E-state index contributed by atoms with van der Waals surface area (Å²) in [6.07, 6.45) is 12.3. The second-order valence-electron chi connectivity index (χ2n) is 10.6. The molecule has 4 rings (SSSR count). The summed E-state index contributed by atoms with van der Waals surface area (Å²) in [7, 11) is 3.71. The molecule has 2 aliphatic rings. The molecule has 0 aromatic carbocycles. The number of aromatic nitrogens is 3. The van der Waals surface area contributed by atoms with Crippen molar-refractivity contribution in [2.75, 3.05) is 20.4 Å². The predicted octanol–water partition coefficient (Wildman–Crippen LogP) is 5.14. The van der Waals surface area contributed by atoms with E-state index in [9.17, 15) is 18.2 Å². The Balaban J connectivity index is 1.89. The van der Waals surface area contributed by atoms with Gasteiger partial charge >= 0.3 is 0 Å². The number of likely N-dealkylation sites (N-methyl/N-ethyl adjacent to an activating group) is 2. The zero-order valence-electron chi connectivity index (χ0n) is 25.3. The third kappa shape index (κ3) is 6.51. The number of fused-ring (bicyclic) bond motifs is 2. The van der Waals surface area contributed by atoms with Crippen LogP contribution in [-0.4, -0.2) is 60.7 Å². The quantitative estimate of drug-likeness (QED) is 0.389. The van der Waals surface area contributed by atoms with Gasteiger partial charge in [-0.1, -0.05) is 6.58 Å². The monoisotopic (exact) mass is 607 g/mol. The predicted molar refractivity (Wildman–Crippen MR) is 167 cm³/mol. The van der Waals surface area contributed by atoms with Crippen molar-refractivity contribution in [1.82, 2.24) is 24.1 Å². The second-order valence-corrected chi connectivity index (χ2v) is 12.1. The van der Waals surface area contributed by atoms with Crippen LogP contribution in [-0.2, 0) is 22.6 Å². The Morgan fingerprint density at radius 1 is 1.21 bits per heavy atom. The number of pyridine rings is 1. The molecule has 0 saturated carbocycles. The van der Waals surface area contributed by atoms with Crippen molar-refractivity contribution < 1.29 is 17.8 Å². The van der Waals surface area contributed by atoms with Crippen LogP contribution >= 0.6 is 0 Å². The summed E-state index contributed by atoms with van der Waals surface area (Å²) in [5, 5.41) is 4.61. The molecule has 1 amide bonds. The normalized spacial score (nSPS) is 17.6. The standard InChI is InChI=1S/C32H35F2N5O3S/c1-19(33)9-10-29(22(4)43(8)42)37(6)21(3)27-16-25(34)14-24-13-23(27)15-30(38(7)32(24)41)28-18-39(35-20(28)2)26-11-12-36(5)31(40)17-26/h9-12,14-18,21H,1,13H2,2-8H3/b10-9-,29-22-/t21-,43?/m1/s1. The minimum atomic E-state index is -1.35. The van der Waals surface area contributed by atoms with Crippen molar-refractivity contribution in [3.63, 3.8) is 0 Å². The summed E-state index contributed by atoms with van der Waals surface area (Å²) in [6.45, 7) is 8.65. The molecule has 1 aliphatic carbocycles. The Labute approximate surface area is 252 Å². The lowest BCUT2D eigenvalue weighted by Gasteiger charge is -2.31. The maximum absolute atomic E-state index is 15.2. The summed E-state index contributed by atoms with van der Waals surface area (Å²) in [6, 6.07) is 2.77. The molecule has 43 heavy (non-hydrogen) atoms. The van der Waals surface area contributed by atoms with Crippen LogP contribution < -0.4 is 5.56 Å². The van der Waals surface area contributed by atoms with Crippen LogP contribution in [0.3, 0.4) is 0 Å². The zero-order chi connectivity index (χ0) is 31.7. The Hall–Kier alpha value is -4.38. The highest BCUT2D eigenvalue weighted by Gasteiger charge is 2.30. The van der Waals surface area contributed by atoms with Gasteiger partial charge in [0.25, 0.3) is 11.5 Å². The lowest BCUT2D eigenvalue weighted by atomic mass is 9.95. The number of hydrogen-bond acceptors (Lipinski definition) is 5. The van der Waals surface area contributed by atoms with E-state index in [2.05, 4.69) is 11.7 Å². The van der Waals surface area contributed by atoms with Gasteiger partial charge in [-0.25, -0.2) is 13.5 Å². The fraction of sp³-hybridized carbons (Fsp3) is 0.281. The molecule has 0 N–H and O–H groups in total. The zero-order valence-corrected chi connectivity index (χ0v) is 26.1. The van der Waals surface area contributed by atoms with Crippen molar-refractivity contribution in [3.05, 3.63) is 122 Å². The number of nitrogens with zero attached hydrogens (tertiary/aromatic N) is 5. The van der Waals surface area contributed by atoms with Crippen molar-refractivity contribution >= 4 is 22.4 Å². The summed E-state index contributed by atoms with van der Waals surface area (Å²) < 4.78 is 44.3. The third-order valence-electron chi connectivity index (χ3n) is 7.76. The fourth-order valence-electron chi connectivity index (χ4n) is 5.05. The molecule has 0 spiro atoms. The van der Waals surface area contributed by atoms with Gasteiger partial charge in [0.2, 0.25) is 0 Å². The van der Waals surface area contributed by atoms with Crippen molar-refractivity contribution in [2.45, 2.75) is 33.2 Å². The average Bonchev–Trinajstić information content (AvgIpc) is 3.19. The molecular weight excluding hydrogens is 572 g/mol. The second kappa shape index (κ2) is 12.5. The number of hydrogen-bond donors (Lipinski definition) is 0. The van der Waals surface area contributed by atoms with E-state index in [0.29, 0.717) is 44.4 Å². The highest BCUT2D eigenvalue weighted by atomic mass is 32.2. The summed E-state index contributed by atoms with van der Waals surface area (Å²) >= 11 is 0. The topological polar surface area (TPSA) is 80.4 Å². The first kappa shape index (κ1) is 31.6. The van der Waals surface area contributed by atoms with Crippen LogP contribution in [0.5, 0.6) is 0 Å². The van der Waals surface area contributed by atoms with E-state index in [1.165, 1.54) is 46.1 Å². The van der Waals surface area contributed by atoms with Gasteiger partial charge in [0, 0.05) is 84.8 Å². The molecule has 0 saturated heterocycles. The van der Waals surface area contributed by atoms with Gasteiger partial charge < -0.3 is 14.4 Å². The number of carbonyl (C=O) groups is 1. The van der Waals surface area contributed by atoms with Gasteiger partial charge in [-0.15, -0.1) is 0 Å². The van der Waals surface area contributed by atoms with Crippen molar-refractivity contribution in [2.24, 2.45) is 7.05 Å². The SMILES string of the molecule is C=C(F)/C=C\C(=C(/C)S(C)=O)N(C)[C@H](C)C1=C2C=C(c3cn(-c4ccn(C)c(=O)c4)nc3C)N(C)C(=O)C(=CC(F)=C1)C2. The molecule has 11 heteroatoms. The maximum Gasteiger partial charge on any atom is 0.254 e. The molecule has 2 bridgehead atoms. The van der Waals surface area contributed by atoms with E-state index in [1.54, 1.807) is 56.1 Å². The van der Waals surface area contributed by atoms with Crippen LogP contribution in [0.1, 0.15) is 31.5 Å². The van der Waals surface area contributed by atoms with Crippen LogP contribution in [0.4, 0.5) is 8.78 Å². The molecule has 2 aromatic rings. The number of rotatable bonds is 8. The van der Waals surface area contributed by atoms with E-state index >= 15 is 4.39 Å². The van der Waals surface area contributed by atoms with Crippen molar-refractivity contribution in [3.8, 4) is 5.69 Å². The molecule has 8 nitrogen and oxygen atoms in total. The number of aryl methyl sites for hydroxylation is 2. The molecule has 3 heterocycles. The molecule has 0 fully saturated rings. The summed E-state index contributed by atoms with van der Waals surface area (Å²) in [5.74, 6) is -1.58.